The summed E-state index contributed by atoms with van der Waals surface area (Å²) in [4.78, 5) is 27.1. The van der Waals surface area contributed by atoms with Gasteiger partial charge in [-0.1, -0.05) is 48.3 Å². The van der Waals surface area contributed by atoms with Gasteiger partial charge in [-0.05, 0) is 56.2 Å². The summed E-state index contributed by atoms with van der Waals surface area (Å²) in [7, 11) is 0. The van der Waals surface area contributed by atoms with Crippen LogP contribution in [0, 0.1) is 0 Å². The lowest BCUT2D eigenvalue weighted by Gasteiger charge is -2.29. The van der Waals surface area contributed by atoms with Gasteiger partial charge in [-0.25, -0.2) is 0 Å². The van der Waals surface area contributed by atoms with Crippen LogP contribution in [-0.2, 0) is 16.1 Å². The van der Waals surface area contributed by atoms with Crippen molar-refractivity contribution < 1.29 is 14.3 Å². The van der Waals surface area contributed by atoms with E-state index in [1.807, 2.05) is 26.0 Å². The van der Waals surface area contributed by atoms with Gasteiger partial charge in [0, 0.05) is 22.6 Å². The molecular weight excluding hydrogens is 411 g/mol. The molecule has 0 heterocycles. The average molecular weight is 437 g/mol. The van der Waals surface area contributed by atoms with E-state index in [2.05, 4.69) is 5.32 Å². The Bertz CT molecular complexity index is 844. The first-order valence-electron chi connectivity index (χ1n) is 9.52. The van der Waals surface area contributed by atoms with Gasteiger partial charge in [-0.2, -0.15) is 0 Å². The van der Waals surface area contributed by atoms with Crippen LogP contribution in [0.2, 0.25) is 10.0 Å². The molecule has 2 rings (SSSR count). The fraction of sp³-hybridized carbons (Fsp3) is 0.364. The minimum atomic E-state index is -0.668. The lowest BCUT2D eigenvalue weighted by Crippen LogP contribution is -2.50. The topological polar surface area (TPSA) is 58.6 Å². The number of hydrogen-bond acceptors (Lipinski definition) is 3. The summed E-state index contributed by atoms with van der Waals surface area (Å²) in [6.07, 6.45) is 0.804. The van der Waals surface area contributed by atoms with Crippen LogP contribution < -0.4 is 10.1 Å². The second-order valence-electron chi connectivity index (χ2n) is 6.89. The van der Waals surface area contributed by atoms with E-state index in [4.69, 9.17) is 27.9 Å². The Hall–Kier alpha value is -2.24. The number of rotatable bonds is 9. The predicted molar refractivity (Wildman–Crippen MR) is 116 cm³/mol. The second-order valence-corrected chi connectivity index (χ2v) is 7.76. The fourth-order valence-corrected chi connectivity index (χ4v) is 3.06. The fourth-order valence-electron chi connectivity index (χ4n) is 2.66. The Morgan fingerprint density at radius 1 is 1.07 bits per heavy atom. The van der Waals surface area contributed by atoms with Crippen LogP contribution >= 0.6 is 23.2 Å². The van der Waals surface area contributed by atoms with Crippen molar-refractivity contribution in [1.29, 1.82) is 0 Å². The van der Waals surface area contributed by atoms with Crippen LogP contribution in [0.4, 0.5) is 0 Å². The zero-order valence-electron chi connectivity index (χ0n) is 16.8. The number of carbonyl (C=O) groups is 2. The Labute approximate surface area is 181 Å². The first-order valence-corrected chi connectivity index (χ1v) is 10.3. The largest absolute Gasteiger partial charge is 0.484 e. The van der Waals surface area contributed by atoms with E-state index in [-0.39, 0.29) is 31.0 Å². The van der Waals surface area contributed by atoms with Crippen LogP contribution in [0.3, 0.4) is 0 Å². The summed E-state index contributed by atoms with van der Waals surface area (Å²) >= 11 is 12.0. The third-order valence-electron chi connectivity index (χ3n) is 4.57. The van der Waals surface area contributed by atoms with Gasteiger partial charge in [0.2, 0.25) is 5.91 Å². The van der Waals surface area contributed by atoms with Gasteiger partial charge in [0.15, 0.2) is 6.61 Å². The summed E-state index contributed by atoms with van der Waals surface area (Å²) in [5.41, 5.74) is 0.830. The molecule has 156 valence electrons. The van der Waals surface area contributed by atoms with Gasteiger partial charge in [-0.15, -0.1) is 0 Å². The van der Waals surface area contributed by atoms with E-state index in [1.165, 1.54) is 4.90 Å². The number of nitrogens with one attached hydrogen (secondary N) is 1. The SMILES string of the molecule is CC[C@@H](C)NC(=O)[C@H](C)N(Cc1cccc(Cl)c1)C(=O)COc1cccc(Cl)c1. The van der Waals surface area contributed by atoms with E-state index in [1.54, 1.807) is 43.3 Å². The van der Waals surface area contributed by atoms with Crippen molar-refractivity contribution in [2.75, 3.05) is 6.61 Å². The van der Waals surface area contributed by atoms with E-state index in [0.29, 0.717) is 15.8 Å². The van der Waals surface area contributed by atoms with Crippen molar-refractivity contribution in [3.05, 3.63) is 64.1 Å². The zero-order valence-corrected chi connectivity index (χ0v) is 18.3. The summed E-state index contributed by atoms with van der Waals surface area (Å²) in [6.45, 7) is 5.66. The average Bonchev–Trinajstić information content (AvgIpc) is 2.69. The molecule has 0 saturated heterocycles. The summed E-state index contributed by atoms with van der Waals surface area (Å²) in [5, 5.41) is 4.02. The quantitative estimate of drug-likeness (QED) is 0.619. The number of halogens is 2. The minimum Gasteiger partial charge on any atom is -0.484 e. The lowest BCUT2D eigenvalue weighted by molar-refractivity contribution is -0.142. The monoisotopic (exact) mass is 436 g/mol. The molecule has 0 unspecified atom stereocenters. The van der Waals surface area contributed by atoms with Gasteiger partial charge >= 0.3 is 0 Å². The van der Waals surface area contributed by atoms with E-state index < -0.39 is 6.04 Å². The number of benzene rings is 2. The van der Waals surface area contributed by atoms with E-state index in [9.17, 15) is 9.59 Å². The highest BCUT2D eigenvalue weighted by atomic mass is 35.5. The summed E-state index contributed by atoms with van der Waals surface area (Å²) in [6, 6.07) is 13.4. The maximum atomic E-state index is 12.9. The molecule has 0 spiro atoms. The highest BCUT2D eigenvalue weighted by Gasteiger charge is 2.27. The molecule has 0 aromatic heterocycles. The normalized spacial score (nSPS) is 12.7. The molecule has 0 bridgehead atoms. The third kappa shape index (κ3) is 7.26. The van der Waals surface area contributed by atoms with Crippen molar-refractivity contribution in [3.8, 4) is 5.75 Å². The van der Waals surface area contributed by atoms with Gasteiger partial charge in [0.1, 0.15) is 11.8 Å². The first-order chi connectivity index (χ1) is 13.8. The lowest BCUT2D eigenvalue weighted by atomic mass is 10.1. The summed E-state index contributed by atoms with van der Waals surface area (Å²) in [5.74, 6) is -0.0282. The van der Waals surface area contributed by atoms with Crippen LogP contribution in [0.15, 0.2) is 48.5 Å². The standard InChI is InChI=1S/C22H26Cl2N2O3/c1-4-15(2)25-22(28)16(3)26(13-17-7-5-8-18(23)11-17)21(27)14-29-20-10-6-9-19(24)12-20/h5-12,15-16H,4,13-14H2,1-3H3,(H,25,28)/t15-,16+/m1/s1. The Kier molecular flexibility index (Phi) is 8.80. The van der Waals surface area contributed by atoms with E-state index in [0.717, 1.165) is 12.0 Å². The molecule has 0 radical (unpaired) electrons. The van der Waals surface area contributed by atoms with Crippen LogP contribution in [0.25, 0.3) is 0 Å². The van der Waals surface area contributed by atoms with E-state index >= 15 is 0 Å². The molecule has 5 nitrogen and oxygen atoms in total. The smallest absolute Gasteiger partial charge is 0.261 e. The van der Waals surface area contributed by atoms with Crippen molar-refractivity contribution in [2.24, 2.45) is 0 Å². The number of hydrogen-bond donors (Lipinski definition) is 1. The van der Waals surface area contributed by atoms with Crippen LogP contribution in [0.1, 0.15) is 32.8 Å². The molecule has 1 N–H and O–H groups in total. The number of ether oxygens (including phenoxy) is 1. The highest BCUT2D eigenvalue weighted by molar-refractivity contribution is 6.30. The number of carbonyl (C=O) groups excluding carboxylic acids is 2. The maximum absolute atomic E-state index is 12.9. The molecule has 7 heteroatoms. The third-order valence-corrected chi connectivity index (χ3v) is 5.04. The highest BCUT2D eigenvalue weighted by Crippen LogP contribution is 2.18. The van der Waals surface area contributed by atoms with Gasteiger partial charge in [0.05, 0.1) is 0 Å². The van der Waals surface area contributed by atoms with Crippen molar-refractivity contribution >= 4 is 35.0 Å². The van der Waals surface area contributed by atoms with Gasteiger partial charge in [-0.3, -0.25) is 9.59 Å². The Balaban J connectivity index is 2.15. The van der Waals surface area contributed by atoms with Crippen LogP contribution in [-0.4, -0.2) is 35.4 Å². The molecule has 0 aliphatic heterocycles. The molecule has 2 amide bonds. The molecule has 0 aliphatic rings. The molecular formula is C22H26Cl2N2O3. The van der Waals surface area contributed by atoms with Gasteiger partial charge < -0.3 is 15.0 Å². The van der Waals surface area contributed by atoms with Gasteiger partial charge in [0.25, 0.3) is 5.91 Å². The van der Waals surface area contributed by atoms with Crippen molar-refractivity contribution in [3.63, 3.8) is 0 Å². The molecule has 2 atom stereocenters. The molecule has 2 aromatic carbocycles. The number of nitrogens with zero attached hydrogens (tertiary/aromatic N) is 1. The molecule has 0 aliphatic carbocycles. The maximum Gasteiger partial charge on any atom is 0.261 e. The first kappa shape index (κ1) is 23.0. The van der Waals surface area contributed by atoms with Crippen molar-refractivity contribution in [1.82, 2.24) is 10.2 Å². The molecule has 0 fully saturated rings. The summed E-state index contributed by atoms with van der Waals surface area (Å²) < 4.78 is 5.59. The molecule has 29 heavy (non-hydrogen) atoms. The Morgan fingerprint density at radius 3 is 2.34 bits per heavy atom. The van der Waals surface area contributed by atoms with Crippen LogP contribution in [0.5, 0.6) is 5.75 Å². The molecule has 2 aromatic rings. The second kappa shape index (κ2) is 11.1. The number of amides is 2. The Morgan fingerprint density at radius 2 is 1.72 bits per heavy atom. The molecule has 0 saturated carbocycles. The predicted octanol–water partition coefficient (Wildman–Crippen LogP) is 4.70. The minimum absolute atomic E-state index is 0.0239. The van der Waals surface area contributed by atoms with Crippen molar-refractivity contribution in [2.45, 2.75) is 45.8 Å². The zero-order chi connectivity index (χ0) is 21.4.